The number of benzene rings is 2. The molecule has 10 heteroatoms. The third kappa shape index (κ3) is 4.55. The number of ether oxygens (including phenoxy) is 1. The summed E-state index contributed by atoms with van der Waals surface area (Å²) in [7, 11) is -3.65. The summed E-state index contributed by atoms with van der Waals surface area (Å²) in [5, 5.41) is 3.24. The van der Waals surface area contributed by atoms with Gasteiger partial charge in [0.1, 0.15) is 5.75 Å². The first-order chi connectivity index (χ1) is 13.6. The number of para-hydroxylation sites is 1. The van der Waals surface area contributed by atoms with Gasteiger partial charge < -0.3 is 14.6 Å². The highest BCUT2D eigenvalue weighted by Gasteiger charge is 2.46. The molecule has 2 aliphatic heterocycles. The Hall–Kier alpha value is -2.14. The lowest BCUT2D eigenvalue weighted by Gasteiger charge is -2.29. The Morgan fingerprint density at radius 1 is 1.17 bits per heavy atom. The standard InChI is InChI=1S/C19H20F3N3O3S/c20-19(21,22)28-15-7-5-14(6-8-15)11-25-10-9-18(13-25)12-23-16-3-1-2-4-17(16)29(26,27)24-18/h1-8,23H,9-13H2,(H-,24,26,27). The number of hydrogen-bond donors (Lipinski definition) is 2. The summed E-state index contributed by atoms with van der Waals surface area (Å²) >= 11 is 0. The topological polar surface area (TPSA) is 76.7 Å². The second kappa shape index (κ2) is 7.28. The molecule has 0 saturated carbocycles. The number of sulfonamides is 1. The van der Waals surface area contributed by atoms with Crippen molar-refractivity contribution < 1.29 is 26.7 Å². The van der Waals surface area contributed by atoms with Crippen LogP contribution in [0.3, 0.4) is 0 Å². The van der Waals surface area contributed by atoms with Gasteiger partial charge in [0.25, 0.3) is 0 Å². The summed E-state index contributed by atoms with van der Waals surface area (Å²) in [6.07, 6.45) is -4.09. The molecule has 1 spiro atoms. The highest BCUT2D eigenvalue weighted by Crippen LogP contribution is 2.34. The van der Waals surface area contributed by atoms with Gasteiger partial charge in [0, 0.05) is 26.2 Å². The summed E-state index contributed by atoms with van der Waals surface area (Å²) in [5.74, 6) is -0.266. The fraction of sp³-hybridized carbons (Fsp3) is 0.368. The minimum atomic E-state index is -4.72. The molecule has 156 valence electrons. The molecule has 2 heterocycles. The zero-order chi connectivity index (χ0) is 20.7. The van der Waals surface area contributed by atoms with Crippen molar-refractivity contribution in [2.45, 2.75) is 29.8 Å². The molecule has 0 radical (unpaired) electrons. The lowest BCUT2D eigenvalue weighted by molar-refractivity contribution is -0.274. The van der Waals surface area contributed by atoms with E-state index in [9.17, 15) is 21.9 Å². The molecule has 2 N–H and O–H groups in total. The lowest BCUT2D eigenvalue weighted by atomic mass is 10.00. The maximum absolute atomic E-state index is 12.8. The molecule has 2 aromatic rings. The zero-order valence-corrected chi connectivity index (χ0v) is 16.2. The van der Waals surface area contributed by atoms with E-state index in [1.807, 2.05) is 0 Å². The number of nitrogens with one attached hydrogen (secondary N) is 2. The van der Waals surface area contributed by atoms with Crippen LogP contribution in [-0.4, -0.2) is 41.0 Å². The van der Waals surface area contributed by atoms with Crippen molar-refractivity contribution in [3.05, 3.63) is 54.1 Å². The number of alkyl halides is 3. The van der Waals surface area contributed by atoms with Crippen molar-refractivity contribution >= 4 is 16.1 Å². The van der Waals surface area contributed by atoms with E-state index in [1.54, 1.807) is 36.4 Å². The van der Waals surface area contributed by atoms with E-state index >= 15 is 0 Å². The maximum atomic E-state index is 12.8. The van der Waals surface area contributed by atoms with Crippen LogP contribution in [0.15, 0.2) is 53.4 Å². The molecule has 6 nitrogen and oxygen atoms in total. The van der Waals surface area contributed by atoms with Crippen LogP contribution in [0.25, 0.3) is 0 Å². The molecule has 29 heavy (non-hydrogen) atoms. The van der Waals surface area contributed by atoms with Crippen LogP contribution in [-0.2, 0) is 21.2 Å². The van der Waals surface area contributed by atoms with Crippen molar-refractivity contribution in [3.8, 4) is 5.75 Å². The van der Waals surface area contributed by atoms with Crippen molar-refractivity contribution in [1.82, 2.24) is 9.62 Å². The minimum Gasteiger partial charge on any atom is -0.593 e. The maximum Gasteiger partial charge on any atom is 0.573 e. The summed E-state index contributed by atoms with van der Waals surface area (Å²) in [5.41, 5.74) is 0.761. The molecule has 2 aromatic carbocycles. The van der Waals surface area contributed by atoms with E-state index in [-0.39, 0.29) is 10.6 Å². The first-order valence-corrected chi connectivity index (χ1v) is 10.6. The number of anilines is 1. The van der Waals surface area contributed by atoms with E-state index in [0.29, 0.717) is 38.3 Å². The summed E-state index contributed by atoms with van der Waals surface area (Å²) in [4.78, 5) is 2.32. The Labute approximate surface area is 167 Å². The van der Waals surface area contributed by atoms with Gasteiger partial charge >= 0.3 is 6.36 Å². The highest BCUT2D eigenvalue weighted by atomic mass is 32.3. The molecule has 0 aliphatic carbocycles. The van der Waals surface area contributed by atoms with Gasteiger partial charge in [-0.05, 0) is 36.2 Å². The predicted molar refractivity (Wildman–Crippen MR) is 101 cm³/mol. The number of likely N-dealkylation sites (tertiary alicyclic amines) is 1. The number of hydrogen-bond acceptors (Lipinski definition) is 5. The Morgan fingerprint density at radius 2 is 1.90 bits per heavy atom. The van der Waals surface area contributed by atoms with Gasteiger partial charge in [-0.3, -0.25) is 4.90 Å². The second-order valence-electron chi connectivity index (χ2n) is 7.39. The van der Waals surface area contributed by atoms with Crippen molar-refractivity contribution in [3.63, 3.8) is 0 Å². The fourth-order valence-electron chi connectivity index (χ4n) is 3.86. The largest absolute Gasteiger partial charge is 0.593 e. The van der Waals surface area contributed by atoms with Gasteiger partial charge in [-0.1, -0.05) is 28.5 Å². The number of rotatable bonds is 3. The normalized spacial score (nSPS) is 27.3. The van der Waals surface area contributed by atoms with Crippen LogP contribution in [0.2, 0.25) is 0 Å². The molecule has 2 unspecified atom stereocenters. The number of nitrogens with zero attached hydrogens (tertiary/aromatic N) is 1. The first kappa shape index (κ1) is 20.1. The molecular formula is C19H20F3N3O3S. The molecule has 2 atom stereocenters. The lowest BCUT2D eigenvalue weighted by Crippen LogP contribution is -2.55. The third-order valence-electron chi connectivity index (χ3n) is 5.14. The number of halogens is 3. The van der Waals surface area contributed by atoms with Gasteiger partial charge in [-0.15, -0.1) is 17.9 Å². The first-order valence-electron chi connectivity index (χ1n) is 9.08. The Bertz CT molecular complexity index is 938. The second-order valence-corrected chi connectivity index (χ2v) is 9.04. The Kier molecular flexibility index (Phi) is 5.06. The van der Waals surface area contributed by atoms with Crippen LogP contribution in [0.5, 0.6) is 5.75 Å². The minimum absolute atomic E-state index is 0.232. The third-order valence-corrected chi connectivity index (χ3v) is 6.78. The Balaban J connectivity index is 1.43. The van der Waals surface area contributed by atoms with Gasteiger partial charge in [0.15, 0.2) is 15.3 Å². The number of fused-ring (bicyclic) bond motifs is 1. The van der Waals surface area contributed by atoms with Crippen molar-refractivity contribution in [2.75, 3.05) is 25.0 Å². The molecule has 0 amide bonds. The molecule has 1 saturated heterocycles. The Morgan fingerprint density at radius 3 is 2.62 bits per heavy atom. The van der Waals surface area contributed by atoms with E-state index < -0.39 is 22.3 Å². The molecule has 2 aliphatic rings. The summed E-state index contributed by atoms with van der Waals surface area (Å²) < 4.78 is 69.2. The monoisotopic (exact) mass is 427 g/mol. The fourth-order valence-corrected chi connectivity index (χ4v) is 5.47. The molecule has 0 bridgehead atoms. The van der Waals surface area contributed by atoms with E-state index in [1.165, 1.54) is 12.1 Å². The quantitative estimate of drug-likeness (QED) is 0.736. The molecule has 0 aromatic heterocycles. The highest BCUT2D eigenvalue weighted by molar-refractivity contribution is 7.96. The zero-order valence-electron chi connectivity index (χ0n) is 15.4. The van der Waals surface area contributed by atoms with Crippen LogP contribution < -0.4 is 14.8 Å². The smallest absolute Gasteiger partial charge is 0.573 e. The molecular weight excluding hydrogens is 407 g/mol. The van der Waals surface area contributed by atoms with Crippen LogP contribution >= 0.6 is 0 Å². The van der Waals surface area contributed by atoms with Gasteiger partial charge in [0.2, 0.25) is 0 Å². The van der Waals surface area contributed by atoms with E-state index in [2.05, 4.69) is 19.7 Å². The van der Waals surface area contributed by atoms with E-state index in [0.717, 1.165) is 5.56 Å². The van der Waals surface area contributed by atoms with Crippen LogP contribution in [0.4, 0.5) is 18.9 Å². The molecule has 4 rings (SSSR count). The van der Waals surface area contributed by atoms with Crippen LogP contribution in [0, 0.1) is 0 Å². The van der Waals surface area contributed by atoms with Crippen LogP contribution in [0.1, 0.15) is 12.0 Å². The summed E-state index contributed by atoms with van der Waals surface area (Å²) in [6, 6.07) is 12.5. The van der Waals surface area contributed by atoms with Gasteiger partial charge in [-0.25, -0.2) is 0 Å². The predicted octanol–water partition coefficient (Wildman–Crippen LogP) is 3.15. The average molecular weight is 427 g/mol. The van der Waals surface area contributed by atoms with Gasteiger partial charge in [0.05, 0.1) is 11.2 Å². The van der Waals surface area contributed by atoms with Crippen molar-refractivity contribution in [2.24, 2.45) is 0 Å². The van der Waals surface area contributed by atoms with Gasteiger partial charge in [-0.2, -0.15) is 0 Å². The summed E-state index contributed by atoms with van der Waals surface area (Å²) in [6.45, 7) is 2.12. The SMILES string of the molecule is O=[S+]1([O-])NC2(CCN(Cc3ccc(OC(F)(F)F)cc3)C2)CNc2ccccc21. The van der Waals surface area contributed by atoms with Crippen molar-refractivity contribution in [1.29, 1.82) is 0 Å². The average Bonchev–Trinajstić information content (AvgIpc) is 2.97. The van der Waals surface area contributed by atoms with E-state index in [4.69, 9.17) is 0 Å². The molecule has 1 fully saturated rings.